The molecule has 0 saturated heterocycles. The van der Waals surface area contributed by atoms with Gasteiger partial charge in [-0.1, -0.05) is 23.4 Å². The standard InChI is InChI=1S/C17H16FN3O3S/c1-11-3-6-14(17-20-12(2)21-24-17)9-16(11)25(22,23)19-10-13-4-7-15(18)8-5-13/h3-9,19H,10H2,1-2H3. The van der Waals surface area contributed by atoms with Crippen LogP contribution in [0.25, 0.3) is 11.5 Å². The molecule has 0 saturated carbocycles. The second-order valence-electron chi connectivity index (χ2n) is 5.58. The Bertz CT molecular complexity index is 998. The molecule has 0 unspecified atom stereocenters. The van der Waals surface area contributed by atoms with Crippen molar-refractivity contribution in [3.63, 3.8) is 0 Å². The molecule has 8 heteroatoms. The summed E-state index contributed by atoms with van der Waals surface area (Å²) in [6.07, 6.45) is 0. The molecule has 0 radical (unpaired) electrons. The Kier molecular flexibility index (Phi) is 4.65. The summed E-state index contributed by atoms with van der Waals surface area (Å²) in [7, 11) is -3.76. The summed E-state index contributed by atoms with van der Waals surface area (Å²) in [6.45, 7) is 3.45. The van der Waals surface area contributed by atoms with Gasteiger partial charge in [-0.05, 0) is 49.2 Å². The SMILES string of the molecule is Cc1noc(-c2ccc(C)c(S(=O)(=O)NCc3ccc(F)cc3)c2)n1. The summed E-state index contributed by atoms with van der Waals surface area (Å²) in [6, 6.07) is 10.5. The van der Waals surface area contributed by atoms with Gasteiger partial charge in [0.25, 0.3) is 5.89 Å². The Morgan fingerprint density at radius 1 is 1.12 bits per heavy atom. The van der Waals surface area contributed by atoms with E-state index in [2.05, 4.69) is 14.9 Å². The molecule has 25 heavy (non-hydrogen) atoms. The van der Waals surface area contributed by atoms with E-state index < -0.39 is 10.0 Å². The third-order valence-electron chi connectivity index (χ3n) is 3.63. The van der Waals surface area contributed by atoms with Gasteiger partial charge in [0.1, 0.15) is 5.82 Å². The third kappa shape index (κ3) is 3.92. The van der Waals surface area contributed by atoms with Gasteiger partial charge < -0.3 is 4.52 Å². The van der Waals surface area contributed by atoms with Crippen molar-refractivity contribution in [2.75, 3.05) is 0 Å². The van der Waals surface area contributed by atoms with Crippen molar-refractivity contribution < 1.29 is 17.3 Å². The van der Waals surface area contributed by atoms with Crippen LogP contribution in [0.2, 0.25) is 0 Å². The topological polar surface area (TPSA) is 85.1 Å². The quantitative estimate of drug-likeness (QED) is 0.755. The molecule has 3 aromatic rings. The molecule has 0 aliphatic rings. The number of hydrogen-bond donors (Lipinski definition) is 1. The number of sulfonamides is 1. The monoisotopic (exact) mass is 361 g/mol. The number of nitrogens with zero attached hydrogens (tertiary/aromatic N) is 2. The Morgan fingerprint density at radius 3 is 2.48 bits per heavy atom. The number of rotatable bonds is 5. The molecule has 0 amide bonds. The summed E-state index contributed by atoms with van der Waals surface area (Å²) in [5, 5.41) is 3.71. The lowest BCUT2D eigenvalue weighted by molar-refractivity contribution is 0.425. The van der Waals surface area contributed by atoms with Crippen LogP contribution in [0.1, 0.15) is 17.0 Å². The summed E-state index contributed by atoms with van der Waals surface area (Å²) in [5.41, 5.74) is 1.77. The smallest absolute Gasteiger partial charge is 0.257 e. The van der Waals surface area contributed by atoms with Crippen molar-refractivity contribution in [2.45, 2.75) is 25.3 Å². The number of hydrogen-bond acceptors (Lipinski definition) is 5. The van der Waals surface area contributed by atoms with Gasteiger partial charge in [0.2, 0.25) is 10.0 Å². The number of benzene rings is 2. The maximum atomic E-state index is 12.9. The van der Waals surface area contributed by atoms with Gasteiger partial charge in [0.15, 0.2) is 5.82 Å². The summed E-state index contributed by atoms with van der Waals surface area (Å²) < 4.78 is 45.8. The molecule has 0 aliphatic heterocycles. The molecule has 1 N–H and O–H groups in total. The van der Waals surface area contributed by atoms with Crippen LogP contribution in [0.15, 0.2) is 51.9 Å². The van der Waals surface area contributed by atoms with E-state index in [-0.39, 0.29) is 23.1 Å². The van der Waals surface area contributed by atoms with Crippen LogP contribution in [0.4, 0.5) is 4.39 Å². The molecule has 1 aromatic heterocycles. The number of nitrogens with one attached hydrogen (secondary N) is 1. The normalized spacial score (nSPS) is 11.6. The average molecular weight is 361 g/mol. The van der Waals surface area contributed by atoms with Gasteiger partial charge in [-0.2, -0.15) is 4.98 Å². The molecular weight excluding hydrogens is 345 g/mol. The molecule has 0 fully saturated rings. The molecule has 6 nitrogen and oxygen atoms in total. The van der Waals surface area contributed by atoms with Crippen molar-refractivity contribution >= 4 is 10.0 Å². The highest BCUT2D eigenvalue weighted by molar-refractivity contribution is 7.89. The zero-order chi connectivity index (χ0) is 18.0. The van der Waals surface area contributed by atoms with E-state index in [0.29, 0.717) is 22.5 Å². The predicted molar refractivity (Wildman–Crippen MR) is 89.6 cm³/mol. The molecule has 0 atom stereocenters. The third-order valence-corrected chi connectivity index (χ3v) is 5.17. The van der Waals surface area contributed by atoms with Crippen LogP contribution in [-0.2, 0) is 16.6 Å². The summed E-state index contributed by atoms with van der Waals surface area (Å²) in [5.74, 6) is 0.354. The highest BCUT2D eigenvalue weighted by Gasteiger charge is 2.19. The van der Waals surface area contributed by atoms with Crippen molar-refractivity contribution in [2.24, 2.45) is 0 Å². The summed E-state index contributed by atoms with van der Waals surface area (Å²) >= 11 is 0. The fraction of sp³-hybridized carbons (Fsp3) is 0.176. The average Bonchev–Trinajstić information content (AvgIpc) is 3.01. The fourth-order valence-corrected chi connectivity index (χ4v) is 3.58. The number of aryl methyl sites for hydroxylation is 2. The van der Waals surface area contributed by atoms with Crippen LogP contribution in [-0.4, -0.2) is 18.6 Å². The molecule has 0 bridgehead atoms. The van der Waals surface area contributed by atoms with Crippen LogP contribution < -0.4 is 4.72 Å². The fourth-order valence-electron chi connectivity index (χ4n) is 2.30. The van der Waals surface area contributed by atoms with Gasteiger partial charge in [-0.15, -0.1) is 0 Å². The van der Waals surface area contributed by atoms with E-state index in [1.807, 2.05) is 0 Å². The Morgan fingerprint density at radius 2 is 1.84 bits per heavy atom. The first-order valence-electron chi connectivity index (χ1n) is 7.50. The van der Waals surface area contributed by atoms with E-state index in [1.54, 1.807) is 26.0 Å². The lowest BCUT2D eigenvalue weighted by atomic mass is 10.1. The van der Waals surface area contributed by atoms with Gasteiger partial charge in [-0.25, -0.2) is 17.5 Å². The molecule has 3 rings (SSSR count). The molecule has 0 aliphatic carbocycles. The summed E-state index contributed by atoms with van der Waals surface area (Å²) in [4.78, 5) is 4.23. The van der Waals surface area contributed by atoms with Crippen molar-refractivity contribution in [1.29, 1.82) is 0 Å². The molecule has 1 heterocycles. The Hall–Kier alpha value is -2.58. The highest BCUT2D eigenvalue weighted by atomic mass is 32.2. The minimum Gasteiger partial charge on any atom is -0.334 e. The Balaban J connectivity index is 1.87. The lowest BCUT2D eigenvalue weighted by Gasteiger charge is -2.10. The van der Waals surface area contributed by atoms with Crippen molar-refractivity contribution in [3.05, 3.63) is 65.2 Å². The molecule has 130 valence electrons. The second-order valence-corrected chi connectivity index (χ2v) is 7.31. The molecular formula is C17H16FN3O3S. The van der Waals surface area contributed by atoms with E-state index in [4.69, 9.17) is 4.52 Å². The van der Waals surface area contributed by atoms with Crippen LogP contribution >= 0.6 is 0 Å². The lowest BCUT2D eigenvalue weighted by Crippen LogP contribution is -2.24. The van der Waals surface area contributed by atoms with Crippen LogP contribution in [0.3, 0.4) is 0 Å². The number of halogens is 1. The van der Waals surface area contributed by atoms with Gasteiger partial charge >= 0.3 is 0 Å². The van der Waals surface area contributed by atoms with Gasteiger partial charge in [-0.3, -0.25) is 0 Å². The Labute approximate surface area is 144 Å². The predicted octanol–water partition coefficient (Wildman–Crippen LogP) is 2.97. The molecule has 0 spiro atoms. The van der Waals surface area contributed by atoms with E-state index in [9.17, 15) is 12.8 Å². The van der Waals surface area contributed by atoms with Crippen molar-refractivity contribution in [1.82, 2.24) is 14.9 Å². The highest BCUT2D eigenvalue weighted by Crippen LogP contribution is 2.24. The zero-order valence-corrected chi connectivity index (χ0v) is 14.5. The van der Waals surface area contributed by atoms with Crippen LogP contribution in [0, 0.1) is 19.7 Å². The van der Waals surface area contributed by atoms with Crippen molar-refractivity contribution in [3.8, 4) is 11.5 Å². The second kappa shape index (κ2) is 6.73. The van der Waals surface area contributed by atoms with Gasteiger partial charge in [0, 0.05) is 12.1 Å². The van der Waals surface area contributed by atoms with E-state index >= 15 is 0 Å². The maximum absolute atomic E-state index is 12.9. The largest absolute Gasteiger partial charge is 0.334 e. The van der Waals surface area contributed by atoms with Gasteiger partial charge in [0.05, 0.1) is 4.90 Å². The molecule has 2 aromatic carbocycles. The number of aromatic nitrogens is 2. The first-order valence-corrected chi connectivity index (χ1v) is 8.99. The minimum atomic E-state index is -3.76. The minimum absolute atomic E-state index is 0.0615. The first-order chi connectivity index (χ1) is 11.8. The maximum Gasteiger partial charge on any atom is 0.257 e. The van der Waals surface area contributed by atoms with E-state index in [1.165, 1.54) is 30.3 Å². The zero-order valence-electron chi connectivity index (χ0n) is 13.7. The first kappa shape index (κ1) is 17.2. The van der Waals surface area contributed by atoms with E-state index in [0.717, 1.165) is 0 Å². The van der Waals surface area contributed by atoms with Crippen LogP contribution in [0.5, 0.6) is 0 Å².